The molecular formula is C17H26O5. The van der Waals surface area contributed by atoms with Crippen LogP contribution in [-0.2, 0) is 19.1 Å². The van der Waals surface area contributed by atoms with Crippen LogP contribution in [0.1, 0.15) is 41.5 Å². The van der Waals surface area contributed by atoms with E-state index in [4.69, 9.17) is 9.47 Å². The summed E-state index contributed by atoms with van der Waals surface area (Å²) in [5, 5.41) is 10.7. The highest BCUT2D eigenvalue weighted by Crippen LogP contribution is 2.61. The van der Waals surface area contributed by atoms with Crippen LogP contribution in [0, 0.1) is 29.1 Å². The molecule has 0 unspecified atom stereocenters. The molecule has 0 aromatic rings. The van der Waals surface area contributed by atoms with Gasteiger partial charge in [0.2, 0.25) is 0 Å². The summed E-state index contributed by atoms with van der Waals surface area (Å²) < 4.78 is 11.9. The van der Waals surface area contributed by atoms with Crippen molar-refractivity contribution in [2.24, 2.45) is 29.1 Å². The van der Waals surface area contributed by atoms with Crippen molar-refractivity contribution in [3.63, 3.8) is 0 Å². The molecule has 0 radical (unpaired) electrons. The molecule has 0 aromatic carbocycles. The van der Waals surface area contributed by atoms with Gasteiger partial charge in [0.15, 0.2) is 11.2 Å². The molecule has 5 nitrogen and oxygen atoms in total. The van der Waals surface area contributed by atoms with Gasteiger partial charge in [0, 0.05) is 17.8 Å². The van der Waals surface area contributed by atoms with E-state index in [2.05, 4.69) is 0 Å². The van der Waals surface area contributed by atoms with Crippen LogP contribution in [0.5, 0.6) is 0 Å². The van der Waals surface area contributed by atoms with E-state index >= 15 is 0 Å². The quantitative estimate of drug-likeness (QED) is 0.543. The van der Waals surface area contributed by atoms with Gasteiger partial charge in [-0.3, -0.25) is 9.59 Å². The number of rotatable bonds is 0. The lowest BCUT2D eigenvalue weighted by Crippen LogP contribution is -2.79. The second-order valence-corrected chi connectivity index (χ2v) is 7.69. The Morgan fingerprint density at radius 2 is 1.64 bits per heavy atom. The Balaban J connectivity index is 2.20. The minimum Gasteiger partial charge on any atom is -0.460 e. The number of hydrogen-bond donors (Lipinski definition) is 1. The average molecular weight is 310 g/mol. The van der Waals surface area contributed by atoms with E-state index < -0.39 is 29.2 Å². The Bertz CT molecular complexity index is 525. The topological polar surface area (TPSA) is 72.8 Å². The average Bonchev–Trinajstić information content (AvgIpc) is 2.48. The summed E-state index contributed by atoms with van der Waals surface area (Å²) >= 11 is 0. The van der Waals surface area contributed by atoms with E-state index in [1.54, 1.807) is 6.92 Å². The number of ether oxygens (including phenoxy) is 2. The SMILES string of the molecule is C[C@H]1[C@@H](O)[C@@H](C)[C@@]2(O[C@@H]1C)[C@@H](C)[C@H]1OC(=O)[C@]2(C)C(=O)[C@@H]1C. The highest BCUT2D eigenvalue weighted by Gasteiger charge is 2.76. The summed E-state index contributed by atoms with van der Waals surface area (Å²) in [5.41, 5.74) is -2.35. The van der Waals surface area contributed by atoms with Gasteiger partial charge < -0.3 is 14.6 Å². The zero-order valence-corrected chi connectivity index (χ0v) is 14.1. The van der Waals surface area contributed by atoms with Crippen LogP contribution in [0.4, 0.5) is 0 Å². The fourth-order valence-corrected chi connectivity index (χ4v) is 5.24. The molecule has 5 heteroatoms. The Morgan fingerprint density at radius 1 is 1.05 bits per heavy atom. The molecule has 3 heterocycles. The number of aliphatic hydroxyl groups excluding tert-OH is 1. The number of fused-ring (bicyclic) bond motifs is 2. The van der Waals surface area contributed by atoms with Gasteiger partial charge in [-0.25, -0.2) is 0 Å². The smallest absolute Gasteiger partial charge is 0.322 e. The molecule has 124 valence electrons. The zero-order chi connectivity index (χ0) is 16.6. The Kier molecular flexibility index (Phi) is 3.29. The second-order valence-electron chi connectivity index (χ2n) is 7.69. The maximum Gasteiger partial charge on any atom is 0.322 e. The van der Waals surface area contributed by atoms with Gasteiger partial charge in [-0.15, -0.1) is 0 Å². The molecule has 0 amide bonds. The van der Waals surface area contributed by atoms with Crippen molar-refractivity contribution >= 4 is 11.8 Å². The molecule has 2 bridgehead atoms. The molecule has 9 atom stereocenters. The fourth-order valence-electron chi connectivity index (χ4n) is 5.24. The van der Waals surface area contributed by atoms with Crippen molar-refractivity contribution < 1.29 is 24.2 Å². The number of esters is 1. The minimum absolute atomic E-state index is 0.0413. The zero-order valence-electron chi connectivity index (χ0n) is 14.1. The number of ketones is 1. The van der Waals surface area contributed by atoms with Crippen LogP contribution in [-0.4, -0.2) is 40.8 Å². The summed E-state index contributed by atoms with van der Waals surface area (Å²) in [6.07, 6.45) is -1.31. The molecule has 3 aliphatic heterocycles. The predicted molar refractivity (Wildman–Crippen MR) is 78.9 cm³/mol. The fraction of sp³-hybridized carbons (Fsp3) is 0.882. The van der Waals surface area contributed by atoms with E-state index in [9.17, 15) is 14.7 Å². The van der Waals surface area contributed by atoms with E-state index in [-0.39, 0.29) is 35.6 Å². The summed E-state index contributed by atoms with van der Waals surface area (Å²) in [6.45, 7) is 11.2. The molecule has 1 N–H and O–H groups in total. The molecule has 1 saturated carbocycles. The monoisotopic (exact) mass is 310 g/mol. The molecule has 22 heavy (non-hydrogen) atoms. The summed E-state index contributed by atoms with van der Waals surface area (Å²) in [5.74, 6) is -1.44. The number of carbonyl (C=O) groups excluding carboxylic acids is 2. The normalized spacial score (nSPS) is 58.0. The molecule has 1 aliphatic carbocycles. The van der Waals surface area contributed by atoms with Crippen LogP contribution in [0.15, 0.2) is 0 Å². The maximum absolute atomic E-state index is 12.9. The maximum atomic E-state index is 12.9. The van der Waals surface area contributed by atoms with E-state index in [0.717, 1.165) is 0 Å². The van der Waals surface area contributed by atoms with Crippen molar-refractivity contribution in [1.29, 1.82) is 0 Å². The van der Waals surface area contributed by atoms with Crippen molar-refractivity contribution in [2.75, 3.05) is 0 Å². The van der Waals surface area contributed by atoms with Gasteiger partial charge in [-0.05, 0) is 13.8 Å². The minimum atomic E-state index is -1.35. The summed E-state index contributed by atoms with van der Waals surface area (Å²) in [6, 6.07) is 0. The van der Waals surface area contributed by atoms with Gasteiger partial charge >= 0.3 is 5.97 Å². The van der Waals surface area contributed by atoms with Gasteiger partial charge in [0.25, 0.3) is 0 Å². The van der Waals surface area contributed by atoms with Crippen LogP contribution in [0.25, 0.3) is 0 Å². The third-order valence-corrected chi connectivity index (χ3v) is 6.85. The number of carbonyl (C=O) groups is 2. The van der Waals surface area contributed by atoms with E-state index in [1.807, 2.05) is 34.6 Å². The summed E-state index contributed by atoms with van der Waals surface area (Å²) in [7, 11) is 0. The predicted octanol–water partition coefficient (Wildman–Crippen LogP) is 1.56. The van der Waals surface area contributed by atoms with Gasteiger partial charge in [-0.2, -0.15) is 0 Å². The summed E-state index contributed by atoms with van der Waals surface area (Å²) in [4.78, 5) is 25.5. The van der Waals surface area contributed by atoms with E-state index in [1.165, 1.54) is 0 Å². The molecule has 1 spiro atoms. The molecule has 4 aliphatic rings. The van der Waals surface area contributed by atoms with Crippen LogP contribution in [0.2, 0.25) is 0 Å². The van der Waals surface area contributed by atoms with E-state index in [0.29, 0.717) is 0 Å². The number of hydrogen-bond acceptors (Lipinski definition) is 5. The van der Waals surface area contributed by atoms with Crippen LogP contribution in [0.3, 0.4) is 0 Å². The number of aliphatic hydroxyl groups is 1. The van der Waals surface area contributed by atoms with Gasteiger partial charge in [0.1, 0.15) is 11.7 Å². The first-order valence-corrected chi connectivity index (χ1v) is 8.22. The Labute approximate surface area is 131 Å². The highest BCUT2D eigenvalue weighted by molar-refractivity contribution is 6.09. The molecule has 3 saturated heterocycles. The van der Waals surface area contributed by atoms with Crippen molar-refractivity contribution in [1.82, 2.24) is 0 Å². The molecule has 0 aromatic heterocycles. The van der Waals surface area contributed by atoms with Gasteiger partial charge in [0.05, 0.1) is 18.1 Å². The first kappa shape index (κ1) is 15.9. The van der Waals surface area contributed by atoms with Crippen molar-refractivity contribution in [3.8, 4) is 0 Å². The third-order valence-electron chi connectivity index (χ3n) is 6.85. The molecular weight excluding hydrogens is 284 g/mol. The molecule has 4 fully saturated rings. The lowest BCUT2D eigenvalue weighted by Gasteiger charge is -2.65. The first-order valence-electron chi connectivity index (χ1n) is 8.22. The van der Waals surface area contributed by atoms with Crippen molar-refractivity contribution in [3.05, 3.63) is 0 Å². The lowest BCUT2D eigenvalue weighted by molar-refractivity contribution is -0.317. The standard InChI is InChI=1S/C17H26O5/c1-7-11(5)22-17(9(3)12(7)18)10(4)13-8(2)14(19)16(17,6)15(20)21-13/h7-13,18H,1-6H3/t7-,8-,9-,10+,11-,12-,13+,16+,17-/m1/s1. The largest absolute Gasteiger partial charge is 0.460 e. The third kappa shape index (κ3) is 1.47. The van der Waals surface area contributed by atoms with Crippen LogP contribution >= 0.6 is 0 Å². The lowest BCUT2D eigenvalue weighted by atomic mass is 9.48. The molecule has 4 rings (SSSR count). The Hall–Kier alpha value is -0.940. The second kappa shape index (κ2) is 4.54. The van der Waals surface area contributed by atoms with Crippen molar-refractivity contribution in [2.45, 2.75) is 65.5 Å². The van der Waals surface area contributed by atoms with Crippen LogP contribution < -0.4 is 0 Å². The first-order chi connectivity index (χ1) is 10.1. The Morgan fingerprint density at radius 3 is 2.23 bits per heavy atom. The number of Topliss-reactive ketones (excluding diaryl/α,β-unsaturated/α-hetero) is 1. The van der Waals surface area contributed by atoms with Gasteiger partial charge in [-0.1, -0.05) is 27.7 Å². The highest BCUT2D eigenvalue weighted by atomic mass is 16.6.